The van der Waals surface area contributed by atoms with Gasteiger partial charge in [0.05, 0.1) is 29.8 Å². The molecule has 2 aromatic carbocycles. The smallest absolute Gasteiger partial charge is 0.262 e. The fraction of sp³-hybridized carbons (Fsp3) is 0.407. The molecule has 0 fully saturated rings. The first-order chi connectivity index (χ1) is 16.7. The monoisotopic (exact) mass is 495 g/mol. The average Bonchev–Trinajstić information content (AvgIpc) is 2.81. The average molecular weight is 496 g/mol. The Morgan fingerprint density at radius 1 is 1.14 bits per heavy atom. The standard InChI is InChI=1S/C27H33N3O4S/c1-17(2)10-11-28-25(32)20-7-9-22-23(15-20)29-27(30(26(22)33)12-13-34-5)35-16-24(31)21-8-6-18(3)14-19(21)4/h6-9,14-15,17H,10-13,16H2,1-5H3,(H,28,32). The highest BCUT2D eigenvalue weighted by molar-refractivity contribution is 7.99. The van der Waals surface area contributed by atoms with Gasteiger partial charge in [0.1, 0.15) is 0 Å². The zero-order valence-electron chi connectivity index (χ0n) is 21.0. The summed E-state index contributed by atoms with van der Waals surface area (Å²) < 4.78 is 6.71. The second-order valence-corrected chi connectivity index (χ2v) is 9.99. The number of methoxy groups -OCH3 is 1. The van der Waals surface area contributed by atoms with Crippen LogP contribution in [0, 0.1) is 19.8 Å². The van der Waals surface area contributed by atoms with E-state index in [1.807, 2.05) is 32.0 Å². The summed E-state index contributed by atoms with van der Waals surface area (Å²) >= 11 is 1.22. The van der Waals surface area contributed by atoms with Gasteiger partial charge in [-0.25, -0.2) is 4.98 Å². The lowest BCUT2D eigenvalue weighted by Crippen LogP contribution is -2.27. The molecule has 35 heavy (non-hydrogen) atoms. The van der Waals surface area contributed by atoms with Crippen molar-refractivity contribution in [3.8, 4) is 0 Å². The first-order valence-corrected chi connectivity index (χ1v) is 12.7. The number of amides is 1. The minimum absolute atomic E-state index is 0.0292. The highest BCUT2D eigenvalue weighted by Crippen LogP contribution is 2.21. The molecule has 0 unspecified atom stereocenters. The van der Waals surface area contributed by atoms with Crippen LogP contribution in [-0.2, 0) is 11.3 Å². The molecule has 1 heterocycles. The minimum atomic E-state index is -0.222. The Balaban J connectivity index is 1.90. The van der Waals surface area contributed by atoms with E-state index in [4.69, 9.17) is 4.74 Å². The quantitative estimate of drug-likeness (QED) is 0.241. The summed E-state index contributed by atoms with van der Waals surface area (Å²) in [5.74, 6) is 0.408. The number of ether oxygens (including phenoxy) is 1. The molecule has 3 rings (SSSR count). The Bertz CT molecular complexity index is 1280. The molecule has 0 aliphatic carbocycles. The summed E-state index contributed by atoms with van der Waals surface area (Å²) in [5, 5.41) is 3.76. The zero-order valence-corrected chi connectivity index (χ0v) is 21.8. The van der Waals surface area contributed by atoms with Crippen LogP contribution in [-0.4, -0.2) is 47.3 Å². The van der Waals surface area contributed by atoms with Gasteiger partial charge >= 0.3 is 0 Å². The van der Waals surface area contributed by atoms with E-state index in [0.717, 1.165) is 17.5 Å². The lowest BCUT2D eigenvalue weighted by molar-refractivity contribution is 0.0951. The molecule has 1 amide bonds. The van der Waals surface area contributed by atoms with E-state index in [0.29, 0.717) is 52.8 Å². The number of fused-ring (bicyclic) bond motifs is 1. The number of hydrogen-bond donors (Lipinski definition) is 1. The molecule has 3 aromatic rings. The summed E-state index contributed by atoms with van der Waals surface area (Å²) in [6, 6.07) is 10.7. The van der Waals surface area contributed by atoms with Crippen LogP contribution in [0.25, 0.3) is 10.9 Å². The molecule has 0 aliphatic rings. The number of ketones is 1. The van der Waals surface area contributed by atoms with Crippen molar-refractivity contribution in [3.63, 3.8) is 0 Å². The van der Waals surface area contributed by atoms with Crippen LogP contribution < -0.4 is 10.9 Å². The van der Waals surface area contributed by atoms with Gasteiger partial charge in [-0.1, -0.05) is 49.4 Å². The van der Waals surface area contributed by atoms with Gasteiger partial charge in [-0.2, -0.15) is 0 Å². The molecule has 1 N–H and O–H groups in total. The van der Waals surface area contributed by atoms with Crippen LogP contribution in [0.4, 0.5) is 0 Å². The molecular formula is C27H33N3O4S. The van der Waals surface area contributed by atoms with E-state index < -0.39 is 0 Å². The summed E-state index contributed by atoms with van der Waals surface area (Å²) in [4.78, 5) is 43.4. The molecule has 0 spiro atoms. The number of carbonyl (C=O) groups is 2. The van der Waals surface area contributed by atoms with Crippen LogP contribution in [0.1, 0.15) is 52.1 Å². The van der Waals surface area contributed by atoms with E-state index >= 15 is 0 Å². The first kappa shape index (κ1) is 26.6. The van der Waals surface area contributed by atoms with E-state index in [1.165, 1.54) is 16.3 Å². The number of nitrogens with zero attached hydrogens (tertiary/aromatic N) is 2. The van der Waals surface area contributed by atoms with Crippen molar-refractivity contribution in [2.45, 2.75) is 45.8 Å². The van der Waals surface area contributed by atoms with E-state index in [9.17, 15) is 14.4 Å². The molecule has 1 aromatic heterocycles. The van der Waals surface area contributed by atoms with Crippen LogP contribution in [0.3, 0.4) is 0 Å². The Morgan fingerprint density at radius 3 is 2.60 bits per heavy atom. The van der Waals surface area contributed by atoms with Crippen LogP contribution >= 0.6 is 11.8 Å². The summed E-state index contributed by atoms with van der Waals surface area (Å²) in [5.41, 5.74) is 3.34. The largest absolute Gasteiger partial charge is 0.383 e. The number of rotatable bonds is 11. The third-order valence-corrected chi connectivity index (χ3v) is 6.70. The SMILES string of the molecule is COCCn1c(SCC(=O)c2ccc(C)cc2C)nc2cc(C(=O)NCCC(C)C)ccc2c1=O. The second kappa shape index (κ2) is 12.1. The molecule has 0 radical (unpaired) electrons. The number of carbonyl (C=O) groups excluding carboxylic acids is 2. The van der Waals surface area contributed by atoms with Crippen LogP contribution in [0.5, 0.6) is 0 Å². The van der Waals surface area contributed by atoms with Gasteiger partial charge in [-0.3, -0.25) is 19.0 Å². The summed E-state index contributed by atoms with van der Waals surface area (Å²) in [6.45, 7) is 9.35. The van der Waals surface area contributed by atoms with Gasteiger partial charge in [0.25, 0.3) is 11.5 Å². The third kappa shape index (κ3) is 6.80. The topological polar surface area (TPSA) is 90.3 Å². The molecule has 0 bridgehead atoms. The maximum Gasteiger partial charge on any atom is 0.262 e. The summed E-state index contributed by atoms with van der Waals surface area (Å²) in [7, 11) is 1.57. The number of thioether (sulfide) groups is 1. The molecule has 0 saturated carbocycles. The van der Waals surface area contributed by atoms with E-state index in [-0.39, 0.29) is 23.0 Å². The Hall–Kier alpha value is -2.97. The van der Waals surface area contributed by atoms with Crippen molar-refractivity contribution in [2.75, 3.05) is 26.0 Å². The fourth-order valence-corrected chi connectivity index (χ4v) is 4.65. The van der Waals surface area contributed by atoms with Gasteiger partial charge in [0, 0.05) is 24.8 Å². The van der Waals surface area contributed by atoms with Crippen molar-refractivity contribution in [3.05, 3.63) is 69.0 Å². The number of hydrogen-bond acceptors (Lipinski definition) is 6. The molecular weight excluding hydrogens is 462 g/mol. The predicted molar refractivity (Wildman–Crippen MR) is 141 cm³/mol. The highest BCUT2D eigenvalue weighted by Gasteiger charge is 2.17. The van der Waals surface area contributed by atoms with Gasteiger partial charge in [-0.15, -0.1) is 0 Å². The predicted octanol–water partition coefficient (Wildman–Crippen LogP) is 4.41. The number of benzene rings is 2. The number of nitrogens with one attached hydrogen (secondary N) is 1. The number of aromatic nitrogens is 2. The van der Waals surface area contributed by atoms with Crippen molar-refractivity contribution in [2.24, 2.45) is 5.92 Å². The molecule has 0 atom stereocenters. The maximum absolute atomic E-state index is 13.3. The van der Waals surface area contributed by atoms with Gasteiger partial charge in [0.2, 0.25) is 0 Å². The minimum Gasteiger partial charge on any atom is -0.383 e. The van der Waals surface area contributed by atoms with Gasteiger partial charge in [-0.05, 0) is 49.9 Å². The lowest BCUT2D eigenvalue weighted by atomic mass is 10.0. The van der Waals surface area contributed by atoms with E-state index in [2.05, 4.69) is 24.1 Å². The van der Waals surface area contributed by atoms with Gasteiger partial charge < -0.3 is 10.1 Å². The normalized spacial score (nSPS) is 11.3. The summed E-state index contributed by atoms with van der Waals surface area (Å²) in [6.07, 6.45) is 0.886. The molecule has 186 valence electrons. The Labute approximate surface area is 210 Å². The molecule has 0 aliphatic heterocycles. The van der Waals surface area contributed by atoms with Crippen molar-refractivity contribution in [1.29, 1.82) is 0 Å². The number of Topliss-reactive ketones (excluding diaryl/α,β-unsaturated/α-hetero) is 1. The van der Waals surface area contributed by atoms with E-state index in [1.54, 1.807) is 25.3 Å². The lowest BCUT2D eigenvalue weighted by Gasteiger charge is -2.14. The van der Waals surface area contributed by atoms with Crippen LogP contribution in [0.2, 0.25) is 0 Å². The van der Waals surface area contributed by atoms with Crippen molar-refractivity contribution >= 4 is 34.4 Å². The zero-order chi connectivity index (χ0) is 25.5. The first-order valence-electron chi connectivity index (χ1n) is 11.8. The Morgan fingerprint density at radius 2 is 1.91 bits per heavy atom. The molecule has 8 heteroatoms. The number of aryl methyl sites for hydroxylation is 2. The Kier molecular flexibility index (Phi) is 9.23. The molecule has 7 nitrogen and oxygen atoms in total. The van der Waals surface area contributed by atoms with Crippen LogP contribution in [0.15, 0.2) is 46.3 Å². The highest BCUT2D eigenvalue weighted by atomic mass is 32.2. The third-order valence-electron chi connectivity index (χ3n) is 5.72. The molecule has 0 saturated heterocycles. The van der Waals surface area contributed by atoms with Crippen molar-refractivity contribution in [1.82, 2.24) is 14.9 Å². The fourth-order valence-electron chi connectivity index (χ4n) is 3.74. The maximum atomic E-state index is 13.3. The van der Waals surface area contributed by atoms with Crippen molar-refractivity contribution < 1.29 is 14.3 Å². The van der Waals surface area contributed by atoms with Gasteiger partial charge in [0.15, 0.2) is 10.9 Å². The second-order valence-electron chi connectivity index (χ2n) is 9.04.